The van der Waals surface area contributed by atoms with Crippen molar-refractivity contribution in [1.82, 2.24) is 9.55 Å². The molecule has 1 atom stereocenters. The summed E-state index contributed by atoms with van der Waals surface area (Å²) in [5.41, 5.74) is 1.52. The number of H-pyrrole nitrogens is 1. The molecule has 3 aromatic rings. The van der Waals surface area contributed by atoms with Gasteiger partial charge in [-0.2, -0.15) is 0 Å². The van der Waals surface area contributed by atoms with E-state index in [4.69, 9.17) is 11.6 Å². The first kappa shape index (κ1) is 11.5. The third kappa shape index (κ3) is 1.86. The Kier molecular flexibility index (Phi) is 2.73. The average molecular weight is 277 g/mol. The fourth-order valence-corrected chi connectivity index (χ4v) is 2.44. The van der Waals surface area contributed by atoms with Crippen LogP contribution < -0.4 is 10.9 Å². The Labute approximate surface area is 111 Å². The normalized spacial score (nSPS) is 11.0. The van der Waals surface area contributed by atoms with Gasteiger partial charge in [0.25, 0.3) is 5.56 Å². The van der Waals surface area contributed by atoms with E-state index < -0.39 is 0 Å². The summed E-state index contributed by atoms with van der Waals surface area (Å²) >= 11 is 6.24. The number of halogens is 1. The van der Waals surface area contributed by atoms with Gasteiger partial charge in [-0.05, 0) is 30.3 Å². The number of aromatic nitrogens is 2. The SMILES string of the molecule is O=c1[nH]c2cc(Cl)c(-n3cccc3)cc2cc1P. The number of nitrogens with one attached hydrogen (secondary N) is 1. The Hall–Kier alpha value is -1.57. The number of pyridine rings is 1. The fraction of sp³-hybridized carbons (Fsp3) is 0. The zero-order valence-corrected chi connectivity index (χ0v) is 11.3. The molecule has 1 N–H and O–H groups in total. The zero-order valence-electron chi connectivity index (χ0n) is 9.35. The van der Waals surface area contributed by atoms with Crippen molar-refractivity contribution in [1.29, 1.82) is 0 Å². The van der Waals surface area contributed by atoms with Gasteiger partial charge in [-0.3, -0.25) is 4.79 Å². The number of hydrogen-bond donors (Lipinski definition) is 1. The third-order valence-electron chi connectivity index (χ3n) is 2.82. The molecule has 0 aliphatic rings. The summed E-state index contributed by atoms with van der Waals surface area (Å²) < 4.78 is 1.94. The van der Waals surface area contributed by atoms with Crippen molar-refractivity contribution in [2.24, 2.45) is 0 Å². The van der Waals surface area contributed by atoms with Gasteiger partial charge in [-0.15, -0.1) is 0 Å². The van der Waals surface area contributed by atoms with E-state index in [0.717, 1.165) is 16.6 Å². The second-order valence-corrected chi connectivity index (χ2v) is 5.06. The first-order valence-electron chi connectivity index (χ1n) is 5.40. The van der Waals surface area contributed by atoms with Crippen molar-refractivity contribution >= 4 is 37.0 Å². The summed E-state index contributed by atoms with van der Waals surface area (Å²) in [6, 6.07) is 9.45. The van der Waals surface area contributed by atoms with Gasteiger partial charge >= 0.3 is 0 Å². The second-order valence-electron chi connectivity index (χ2n) is 4.03. The molecule has 0 saturated heterocycles. The highest BCUT2D eigenvalue weighted by Crippen LogP contribution is 2.25. The summed E-state index contributed by atoms with van der Waals surface area (Å²) in [5.74, 6) is 0. The van der Waals surface area contributed by atoms with Gasteiger partial charge in [-0.1, -0.05) is 20.8 Å². The molecule has 0 bridgehead atoms. The molecule has 0 aliphatic carbocycles. The van der Waals surface area contributed by atoms with Crippen LogP contribution in [0.1, 0.15) is 0 Å². The number of nitrogens with zero attached hydrogens (tertiary/aromatic N) is 1. The number of aromatic amines is 1. The van der Waals surface area contributed by atoms with E-state index in [9.17, 15) is 4.79 Å². The lowest BCUT2D eigenvalue weighted by Crippen LogP contribution is -2.20. The number of hydrogen-bond acceptors (Lipinski definition) is 1. The molecule has 0 aliphatic heterocycles. The molecule has 2 aromatic heterocycles. The summed E-state index contributed by atoms with van der Waals surface area (Å²) in [7, 11) is 2.43. The van der Waals surface area contributed by atoms with Gasteiger partial charge in [0.15, 0.2) is 0 Å². The lowest BCUT2D eigenvalue weighted by atomic mass is 10.2. The predicted molar refractivity (Wildman–Crippen MR) is 78.2 cm³/mol. The van der Waals surface area contributed by atoms with Crippen LogP contribution in [0.2, 0.25) is 5.02 Å². The number of fused-ring (bicyclic) bond motifs is 1. The molecule has 3 rings (SSSR count). The highest BCUT2D eigenvalue weighted by molar-refractivity contribution is 7.27. The van der Waals surface area contributed by atoms with E-state index in [1.54, 1.807) is 6.07 Å². The second kappa shape index (κ2) is 4.27. The Bertz CT molecular complexity index is 778. The first-order valence-corrected chi connectivity index (χ1v) is 6.36. The Morgan fingerprint density at radius 2 is 1.89 bits per heavy atom. The number of benzene rings is 1. The quantitative estimate of drug-likeness (QED) is 0.681. The lowest BCUT2D eigenvalue weighted by molar-refractivity contribution is 1.08. The summed E-state index contributed by atoms with van der Waals surface area (Å²) in [6.07, 6.45) is 3.86. The molecule has 1 unspecified atom stereocenters. The van der Waals surface area contributed by atoms with Crippen LogP contribution in [0, 0.1) is 0 Å². The van der Waals surface area contributed by atoms with Crippen LogP contribution in [0.5, 0.6) is 0 Å². The third-order valence-corrected chi connectivity index (χ3v) is 3.55. The van der Waals surface area contributed by atoms with Gasteiger partial charge in [0, 0.05) is 28.6 Å². The summed E-state index contributed by atoms with van der Waals surface area (Å²) in [4.78, 5) is 14.3. The van der Waals surface area contributed by atoms with Crippen LogP contribution in [0.3, 0.4) is 0 Å². The van der Waals surface area contributed by atoms with E-state index in [1.807, 2.05) is 41.2 Å². The van der Waals surface area contributed by atoms with Crippen molar-refractivity contribution < 1.29 is 0 Å². The Balaban J connectivity index is 2.33. The van der Waals surface area contributed by atoms with Crippen LogP contribution in [0.4, 0.5) is 0 Å². The van der Waals surface area contributed by atoms with Crippen molar-refractivity contribution in [3.05, 3.63) is 58.1 Å². The molecule has 1 aromatic carbocycles. The fourth-order valence-electron chi connectivity index (χ4n) is 1.93. The van der Waals surface area contributed by atoms with Gasteiger partial charge in [0.1, 0.15) is 0 Å². The van der Waals surface area contributed by atoms with Crippen molar-refractivity contribution in [2.45, 2.75) is 0 Å². The molecule has 2 heterocycles. The predicted octanol–water partition coefficient (Wildman–Crippen LogP) is 2.47. The zero-order chi connectivity index (χ0) is 12.7. The van der Waals surface area contributed by atoms with E-state index in [-0.39, 0.29) is 5.56 Å². The topological polar surface area (TPSA) is 37.8 Å². The van der Waals surface area contributed by atoms with Crippen LogP contribution >= 0.6 is 20.8 Å². The largest absolute Gasteiger partial charge is 0.322 e. The molecule has 0 saturated carbocycles. The molecule has 18 heavy (non-hydrogen) atoms. The van der Waals surface area contributed by atoms with Crippen molar-refractivity contribution in [3.63, 3.8) is 0 Å². The van der Waals surface area contributed by atoms with E-state index in [2.05, 4.69) is 14.2 Å². The smallest absolute Gasteiger partial charge is 0.255 e. The molecule has 0 amide bonds. The maximum absolute atomic E-state index is 11.5. The van der Waals surface area contributed by atoms with Gasteiger partial charge in [-0.25, -0.2) is 0 Å². The molecule has 0 spiro atoms. The molecule has 3 nitrogen and oxygen atoms in total. The maximum Gasteiger partial charge on any atom is 0.255 e. The molecule has 90 valence electrons. The molecular formula is C13H10ClN2OP. The minimum absolute atomic E-state index is 0.114. The number of rotatable bonds is 1. The van der Waals surface area contributed by atoms with Gasteiger partial charge < -0.3 is 9.55 Å². The van der Waals surface area contributed by atoms with Crippen LogP contribution in [0.25, 0.3) is 16.6 Å². The minimum Gasteiger partial charge on any atom is -0.322 e. The van der Waals surface area contributed by atoms with E-state index in [1.165, 1.54) is 0 Å². The minimum atomic E-state index is -0.114. The van der Waals surface area contributed by atoms with E-state index in [0.29, 0.717) is 10.3 Å². The van der Waals surface area contributed by atoms with Crippen LogP contribution in [-0.2, 0) is 0 Å². The maximum atomic E-state index is 11.5. The summed E-state index contributed by atoms with van der Waals surface area (Å²) in [6.45, 7) is 0. The monoisotopic (exact) mass is 276 g/mol. The highest BCUT2D eigenvalue weighted by atomic mass is 35.5. The Morgan fingerprint density at radius 3 is 2.61 bits per heavy atom. The van der Waals surface area contributed by atoms with E-state index >= 15 is 0 Å². The molecule has 0 fully saturated rings. The first-order chi connectivity index (χ1) is 8.65. The summed E-state index contributed by atoms with van der Waals surface area (Å²) in [5, 5.41) is 2.17. The van der Waals surface area contributed by atoms with Crippen molar-refractivity contribution in [2.75, 3.05) is 0 Å². The van der Waals surface area contributed by atoms with Gasteiger partial charge in [0.2, 0.25) is 0 Å². The highest BCUT2D eigenvalue weighted by Gasteiger charge is 2.06. The molecular weight excluding hydrogens is 267 g/mol. The molecule has 0 radical (unpaired) electrons. The van der Waals surface area contributed by atoms with Crippen LogP contribution in [-0.4, -0.2) is 9.55 Å². The lowest BCUT2D eigenvalue weighted by Gasteiger charge is -2.08. The van der Waals surface area contributed by atoms with Crippen molar-refractivity contribution in [3.8, 4) is 5.69 Å². The van der Waals surface area contributed by atoms with Crippen LogP contribution in [0.15, 0.2) is 47.5 Å². The van der Waals surface area contributed by atoms with Gasteiger partial charge in [0.05, 0.1) is 10.7 Å². The standard InChI is InChI=1S/C13H10ClN2OP/c14-9-7-10-8(6-12(18)13(17)15-10)5-11(9)16-3-1-2-4-16/h1-7H,18H2,(H,15,17). The Morgan fingerprint density at radius 1 is 1.17 bits per heavy atom. The molecule has 5 heteroatoms. The average Bonchev–Trinajstić information content (AvgIpc) is 2.84.